The van der Waals surface area contributed by atoms with Crippen LogP contribution in [0.5, 0.6) is 5.75 Å². The first kappa shape index (κ1) is 20.8. The number of Topliss-reactive ketones (excluding diaryl/α,β-unsaturated/α-hetero) is 1. The Balaban J connectivity index is 0.000000369. The van der Waals surface area contributed by atoms with E-state index in [1.807, 2.05) is 12.1 Å². The summed E-state index contributed by atoms with van der Waals surface area (Å²) in [5.41, 5.74) is 0.895. The van der Waals surface area contributed by atoms with Crippen LogP contribution in [0.1, 0.15) is 49.7 Å². The molecule has 1 saturated heterocycles. The van der Waals surface area contributed by atoms with Crippen molar-refractivity contribution in [3.63, 3.8) is 0 Å². The van der Waals surface area contributed by atoms with E-state index in [4.69, 9.17) is 4.55 Å². The number of piperidine rings is 1. The smallest absolute Gasteiger partial charge is 0.261 e. The van der Waals surface area contributed by atoms with Gasteiger partial charge in [-0.2, -0.15) is 8.42 Å². The van der Waals surface area contributed by atoms with Gasteiger partial charge in [-0.3, -0.25) is 14.2 Å². The first-order chi connectivity index (χ1) is 13.5. The molecule has 1 aromatic rings. The van der Waals surface area contributed by atoms with Gasteiger partial charge in [0.05, 0.1) is 11.9 Å². The van der Waals surface area contributed by atoms with Gasteiger partial charge in [0.15, 0.2) is 0 Å². The summed E-state index contributed by atoms with van der Waals surface area (Å²) in [6, 6.07) is 5.66. The number of nitrogens with zero attached hydrogens (tertiary/aromatic N) is 1. The molecule has 0 spiro atoms. The van der Waals surface area contributed by atoms with Gasteiger partial charge in [-0.05, 0) is 67.8 Å². The highest BCUT2D eigenvalue weighted by Gasteiger charge is 2.64. The number of phenolic OH excluding ortho intramolecular Hbond substituents is 1. The monoisotopic (exact) mass is 423 g/mol. The zero-order valence-electron chi connectivity index (χ0n) is 16.7. The van der Waals surface area contributed by atoms with Crippen molar-refractivity contribution in [2.24, 2.45) is 5.92 Å². The van der Waals surface area contributed by atoms with Crippen molar-refractivity contribution < 1.29 is 28.0 Å². The Bertz CT molecular complexity index is 919. The quantitative estimate of drug-likeness (QED) is 0.620. The number of rotatable bonds is 2. The molecule has 2 saturated carbocycles. The molecule has 1 aliphatic heterocycles. The number of carbonyl (C=O) groups is 1. The highest BCUT2D eigenvalue weighted by atomic mass is 32.2. The predicted molar refractivity (Wildman–Crippen MR) is 107 cm³/mol. The molecule has 7 nitrogen and oxygen atoms in total. The third kappa shape index (κ3) is 3.83. The zero-order chi connectivity index (χ0) is 21.0. The van der Waals surface area contributed by atoms with Crippen molar-refractivity contribution in [3.05, 3.63) is 29.3 Å². The summed E-state index contributed by atoms with van der Waals surface area (Å²) in [6.07, 6.45) is 6.46. The summed E-state index contributed by atoms with van der Waals surface area (Å²) in [6.45, 7) is 2.04. The normalized spacial score (nSPS) is 33.9. The number of hydrogen-bond donors (Lipinski definition) is 3. The largest absolute Gasteiger partial charge is 0.508 e. The molecule has 3 aliphatic carbocycles. The second-order valence-corrected chi connectivity index (χ2v) is 10.7. The maximum Gasteiger partial charge on any atom is 0.261 e. The van der Waals surface area contributed by atoms with Crippen LogP contribution in [0.4, 0.5) is 0 Å². The fraction of sp³-hybridized carbons (Fsp3) is 0.667. The van der Waals surface area contributed by atoms with E-state index in [1.54, 1.807) is 6.07 Å². The molecule has 3 fully saturated rings. The van der Waals surface area contributed by atoms with Gasteiger partial charge in [-0.25, -0.2) is 0 Å². The predicted octanol–water partition coefficient (Wildman–Crippen LogP) is 1.66. The summed E-state index contributed by atoms with van der Waals surface area (Å²) in [4.78, 5) is 14.8. The standard InChI is InChI=1S/C20H25NO3.CH4O3S/c22-15-4-3-14-9-18-20(24)6-5-16(23)11-19(20,17(14)10-15)7-8-21(18)12-13-1-2-13;1-5(2,3)4/h3-4,10,13,18,22,24H,1-2,5-9,11-12H2;1H3,(H,2,3,4)/t18-,19+,20+;/m0./s1. The maximum atomic E-state index is 12.3. The maximum absolute atomic E-state index is 12.3. The van der Waals surface area contributed by atoms with E-state index >= 15 is 0 Å². The number of aromatic hydroxyl groups is 1. The van der Waals surface area contributed by atoms with Crippen LogP contribution in [0, 0.1) is 5.92 Å². The molecule has 8 heteroatoms. The van der Waals surface area contributed by atoms with Crippen LogP contribution in [0.25, 0.3) is 0 Å². The van der Waals surface area contributed by atoms with E-state index in [9.17, 15) is 23.4 Å². The third-order valence-corrected chi connectivity index (χ3v) is 7.14. The lowest BCUT2D eigenvalue weighted by Crippen LogP contribution is -2.73. The second-order valence-electron chi connectivity index (χ2n) is 9.20. The summed E-state index contributed by atoms with van der Waals surface area (Å²) >= 11 is 0. The first-order valence-corrected chi connectivity index (χ1v) is 12.1. The van der Waals surface area contributed by atoms with E-state index in [0.717, 1.165) is 37.4 Å². The number of ketones is 1. The molecule has 3 N–H and O–H groups in total. The highest BCUT2D eigenvalue weighted by molar-refractivity contribution is 7.85. The minimum absolute atomic E-state index is 0.108. The molecule has 29 heavy (non-hydrogen) atoms. The van der Waals surface area contributed by atoms with Crippen LogP contribution in [0.2, 0.25) is 0 Å². The van der Waals surface area contributed by atoms with Gasteiger partial charge in [-0.1, -0.05) is 6.07 Å². The van der Waals surface area contributed by atoms with Crippen molar-refractivity contribution in [2.45, 2.75) is 62.0 Å². The van der Waals surface area contributed by atoms with Gasteiger partial charge in [0, 0.05) is 30.8 Å². The number of hydrogen-bond acceptors (Lipinski definition) is 6. The van der Waals surface area contributed by atoms with E-state index in [-0.39, 0.29) is 17.6 Å². The number of benzene rings is 1. The van der Waals surface area contributed by atoms with E-state index in [2.05, 4.69) is 4.90 Å². The van der Waals surface area contributed by atoms with Crippen LogP contribution >= 0.6 is 0 Å². The molecule has 0 aromatic heterocycles. The van der Waals surface area contributed by atoms with Gasteiger partial charge >= 0.3 is 0 Å². The van der Waals surface area contributed by atoms with Crippen LogP contribution in [0.15, 0.2) is 18.2 Å². The summed E-state index contributed by atoms with van der Waals surface area (Å²) in [5, 5.41) is 21.9. The lowest BCUT2D eigenvalue weighted by Gasteiger charge is -2.63. The van der Waals surface area contributed by atoms with E-state index in [1.165, 1.54) is 18.4 Å². The molecule has 0 unspecified atom stereocenters. The Hall–Kier alpha value is -1.48. The average Bonchev–Trinajstić information content (AvgIpc) is 3.41. The van der Waals surface area contributed by atoms with Gasteiger partial charge < -0.3 is 10.2 Å². The van der Waals surface area contributed by atoms with Crippen molar-refractivity contribution in [3.8, 4) is 5.75 Å². The molecule has 0 radical (unpaired) electrons. The van der Waals surface area contributed by atoms with Crippen LogP contribution < -0.4 is 0 Å². The van der Waals surface area contributed by atoms with Crippen molar-refractivity contribution in [1.82, 2.24) is 4.90 Å². The van der Waals surface area contributed by atoms with Crippen LogP contribution in [-0.2, 0) is 26.7 Å². The molecule has 4 aliphatic rings. The first-order valence-electron chi connectivity index (χ1n) is 10.2. The topological polar surface area (TPSA) is 115 Å². The van der Waals surface area contributed by atoms with Crippen molar-refractivity contribution in [2.75, 3.05) is 19.3 Å². The zero-order valence-corrected chi connectivity index (χ0v) is 17.5. The number of aliphatic hydroxyl groups is 1. The second kappa shape index (κ2) is 7.04. The minimum Gasteiger partial charge on any atom is -0.508 e. The summed E-state index contributed by atoms with van der Waals surface area (Å²) < 4.78 is 25.9. The van der Waals surface area contributed by atoms with E-state index < -0.39 is 21.1 Å². The molecule has 2 bridgehead atoms. The molecule has 5 rings (SSSR count). The minimum atomic E-state index is -3.67. The van der Waals surface area contributed by atoms with Gasteiger partial charge in [-0.15, -0.1) is 0 Å². The lowest BCUT2D eigenvalue weighted by atomic mass is 9.49. The fourth-order valence-electron chi connectivity index (χ4n) is 5.74. The molecule has 3 atom stereocenters. The molecule has 0 amide bonds. The number of likely N-dealkylation sites (tertiary alicyclic amines) is 1. The lowest BCUT2D eigenvalue weighted by molar-refractivity contribution is -0.173. The van der Waals surface area contributed by atoms with Gasteiger partial charge in [0.2, 0.25) is 0 Å². The van der Waals surface area contributed by atoms with Crippen molar-refractivity contribution in [1.29, 1.82) is 0 Å². The summed E-state index contributed by atoms with van der Waals surface area (Å²) in [5.74, 6) is 1.29. The number of phenols is 1. The summed E-state index contributed by atoms with van der Waals surface area (Å²) in [7, 11) is -3.67. The SMILES string of the molecule is CS(=O)(=O)O.O=C1CC[C@@]2(O)[C@@H]3Cc4ccc(O)cc4[C@@]2(CCN3CC2CC2)C1. The Morgan fingerprint density at radius 3 is 2.59 bits per heavy atom. The third-order valence-electron chi connectivity index (χ3n) is 7.14. The Kier molecular flexibility index (Phi) is 5.05. The Morgan fingerprint density at radius 1 is 1.24 bits per heavy atom. The number of carbonyl (C=O) groups excluding carboxylic acids is 1. The van der Waals surface area contributed by atoms with Crippen molar-refractivity contribution >= 4 is 15.9 Å². The van der Waals surface area contributed by atoms with Gasteiger partial charge in [0.1, 0.15) is 11.5 Å². The molecular weight excluding hydrogens is 394 g/mol. The Morgan fingerprint density at radius 2 is 1.93 bits per heavy atom. The number of fused-ring (bicyclic) bond motifs is 1. The Labute approximate surface area is 171 Å². The van der Waals surface area contributed by atoms with Crippen LogP contribution in [-0.4, -0.2) is 64.9 Å². The highest BCUT2D eigenvalue weighted by Crippen LogP contribution is 2.58. The molecule has 1 aromatic carbocycles. The average molecular weight is 424 g/mol. The van der Waals surface area contributed by atoms with E-state index in [0.29, 0.717) is 25.5 Å². The van der Waals surface area contributed by atoms with Gasteiger partial charge in [0.25, 0.3) is 10.1 Å². The molecule has 160 valence electrons. The molecule has 1 heterocycles. The van der Waals surface area contributed by atoms with Crippen LogP contribution in [0.3, 0.4) is 0 Å². The molecular formula is C21H29NO6S. The fourth-order valence-corrected chi connectivity index (χ4v) is 5.74.